The van der Waals surface area contributed by atoms with Crippen LogP contribution in [-0.2, 0) is 0 Å². The Morgan fingerprint density at radius 2 is 1.90 bits per heavy atom. The van der Waals surface area contributed by atoms with Gasteiger partial charge in [0.2, 0.25) is 17.8 Å². The van der Waals surface area contributed by atoms with Crippen LogP contribution in [0.5, 0.6) is 11.5 Å². The first-order valence-electron chi connectivity index (χ1n) is 9.83. The third kappa shape index (κ3) is 2.98. The van der Waals surface area contributed by atoms with Crippen molar-refractivity contribution in [2.75, 3.05) is 5.01 Å². The van der Waals surface area contributed by atoms with E-state index in [4.69, 9.17) is 4.74 Å². The second kappa shape index (κ2) is 7.23. The minimum atomic E-state index is -0.442. The van der Waals surface area contributed by atoms with E-state index in [0.717, 1.165) is 24.2 Å². The summed E-state index contributed by atoms with van der Waals surface area (Å²) >= 11 is 0. The Bertz CT molecular complexity index is 1100. The van der Waals surface area contributed by atoms with Crippen LogP contribution in [0.15, 0.2) is 82.8 Å². The molecular weight excluding hydrogens is 382 g/mol. The lowest BCUT2D eigenvalue weighted by Crippen LogP contribution is -2.61. The maximum absolute atomic E-state index is 11.2. The van der Waals surface area contributed by atoms with Gasteiger partial charge in [-0.2, -0.15) is 0 Å². The van der Waals surface area contributed by atoms with Crippen LogP contribution in [0.1, 0.15) is 19.3 Å². The Labute approximate surface area is 173 Å². The zero-order valence-corrected chi connectivity index (χ0v) is 16.2. The number of hydrogen-bond donors (Lipinski definition) is 0. The fourth-order valence-corrected chi connectivity index (χ4v) is 3.92. The molecule has 0 N–H and O–H groups in total. The highest BCUT2D eigenvalue weighted by Gasteiger charge is 2.46. The molecule has 1 fully saturated rings. The zero-order chi connectivity index (χ0) is 20.6. The average Bonchev–Trinajstić information content (AvgIpc) is 3.16. The highest BCUT2D eigenvalue weighted by molar-refractivity contribution is 5.82. The lowest BCUT2D eigenvalue weighted by atomic mass is 9.92. The molecule has 1 unspecified atom stereocenters. The number of nitrogens with zero attached hydrogens (tertiary/aromatic N) is 5. The molecule has 2 aromatic carbocycles. The number of fused-ring (bicyclic) bond motifs is 1. The molecule has 1 aliphatic carbocycles. The number of nitro groups is 1. The van der Waals surface area contributed by atoms with Crippen molar-refractivity contribution in [1.82, 2.24) is 0 Å². The molecule has 0 aromatic heterocycles. The van der Waals surface area contributed by atoms with Gasteiger partial charge in [0, 0.05) is 6.07 Å². The molecule has 2 aromatic rings. The van der Waals surface area contributed by atoms with Crippen LogP contribution in [-0.4, -0.2) is 28.1 Å². The van der Waals surface area contributed by atoms with Crippen LogP contribution in [0.25, 0.3) is 0 Å². The second-order valence-corrected chi connectivity index (χ2v) is 7.38. The third-order valence-corrected chi connectivity index (χ3v) is 5.62. The Morgan fingerprint density at radius 3 is 2.63 bits per heavy atom. The van der Waals surface area contributed by atoms with Gasteiger partial charge in [0.05, 0.1) is 35.3 Å². The summed E-state index contributed by atoms with van der Waals surface area (Å²) in [5, 5.41) is 13.6. The summed E-state index contributed by atoms with van der Waals surface area (Å²) in [6.07, 6.45) is 12.8. The van der Waals surface area contributed by atoms with Gasteiger partial charge >= 0.3 is 5.69 Å². The predicted molar refractivity (Wildman–Crippen MR) is 114 cm³/mol. The van der Waals surface area contributed by atoms with Gasteiger partial charge in [-0.25, -0.2) is 10.0 Å². The van der Waals surface area contributed by atoms with Crippen molar-refractivity contribution in [3.05, 3.63) is 82.9 Å². The van der Waals surface area contributed by atoms with Crippen LogP contribution in [0.4, 0.5) is 11.4 Å². The Kier molecular flexibility index (Phi) is 4.40. The Morgan fingerprint density at radius 1 is 1.10 bits per heavy atom. The molecule has 8 heteroatoms. The number of ether oxygens (including phenoxy) is 1. The minimum absolute atomic E-state index is 0.0585. The highest BCUT2D eigenvalue weighted by atomic mass is 16.6. The number of quaternary nitrogens is 1. The number of allylic oxidation sites excluding steroid dienone is 1. The molecule has 0 bridgehead atoms. The molecule has 2 heterocycles. The summed E-state index contributed by atoms with van der Waals surface area (Å²) in [4.78, 5) is 19.4. The standard InChI is InChI=1S/C22H20N5O3/c28-26(29)21-6-1-2-7-22(21)30-20-10-8-18(9-11-20)25(17-4-3-5-17)27-13-12-23-14-19(27)15-24-16-27/h1-2,6-17H,3-5H2/q+1. The Hall–Kier alpha value is -3.78. The molecule has 30 heavy (non-hydrogen) atoms. The number of rotatable bonds is 6. The average molecular weight is 402 g/mol. The molecule has 0 saturated heterocycles. The molecule has 0 spiro atoms. The van der Waals surface area contributed by atoms with E-state index in [0.29, 0.717) is 16.4 Å². The highest BCUT2D eigenvalue weighted by Crippen LogP contribution is 2.40. The van der Waals surface area contributed by atoms with Crippen LogP contribution >= 0.6 is 0 Å². The third-order valence-electron chi connectivity index (χ3n) is 5.62. The molecule has 0 radical (unpaired) electrons. The lowest BCUT2D eigenvalue weighted by molar-refractivity contribution is -0.746. The topological polar surface area (TPSA) is 80.3 Å². The molecule has 8 nitrogen and oxygen atoms in total. The van der Waals surface area contributed by atoms with Gasteiger partial charge < -0.3 is 4.74 Å². The van der Waals surface area contributed by atoms with Crippen LogP contribution in [0, 0.1) is 10.1 Å². The SMILES string of the molecule is O=[N+]([O-])c1ccccc1Oc1ccc(N(C2CCC2)[N+]23C=CN=CC2=CN=C3)cc1. The van der Waals surface area contributed by atoms with E-state index in [1.807, 2.05) is 49.2 Å². The first-order chi connectivity index (χ1) is 14.7. The van der Waals surface area contributed by atoms with Crippen LogP contribution < -0.4 is 9.75 Å². The van der Waals surface area contributed by atoms with Gasteiger partial charge in [-0.1, -0.05) is 12.1 Å². The van der Waals surface area contributed by atoms with Crippen molar-refractivity contribution < 1.29 is 14.3 Å². The fraction of sp³-hybridized carbons (Fsp3) is 0.182. The maximum Gasteiger partial charge on any atom is 0.311 e. The van der Waals surface area contributed by atoms with E-state index in [-0.39, 0.29) is 11.4 Å². The monoisotopic (exact) mass is 402 g/mol. The van der Waals surface area contributed by atoms with Crippen molar-refractivity contribution in [3.63, 3.8) is 0 Å². The molecule has 5 rings (SSSR count). The summed E-state index contributed by atoms with van der Waals surface area (Å²) < 4.78 is 6.19. The summed E-state index contributed by atoms with van der Waals surface area (Å²) in [6.45, 7) is 0. The normalized spacial score (nSPS) is 21.7. The molecule has 150 valence electrons. The summed E-state index contributed by atoms with van der Waals surface area (Å²) in [5.41, 5.74) is 1.95. The van der Waals surface area contributed by atoms with Crippen molar-refractivity contribution in [1.29, 1.82) is 0 Å². The molecular formula is C22H20N5O3+. The molecule has 1 saturated carbocycles. The van der Waals surface area contributed by atoms with E-state index >= 15 is 0 Å². The molecule has 3 aliphatic rings. The van der Waals surface area contributed by atoms with E-state index in [1.54, 1.807) is 24.4 Å². The quantitative estimate of drug-likeness (QED) is 0.390. The number of nitro benzene ring substituents is 1. The van der Waals surface area contributed by atoms with Gasteiger partial charge in [0.15, 0.2) is 6.20 Å². The van der Waals surface area contributed by atoms with Crippen molar-refractivity contribution >= 4 is 23.9 Å². The van der Waals surface area contributed by atoms with E-state index in [9.17, 15) is 10.1 Å². The number of para-hydroxylation sites is 2. The maximum atomic E-state index is 11.2. The smallest absolute Gasteiger partial charge is 0.311 e. The Balaban J connectivity index is 1.46. The van der Waals surface area contributed by atoms with Gasteiger partial charge in [-0.3, -0.25) is 15.1 Å². The van der Waals surface area contributed by atoms with Crippen molar-refractivity contribution in [2.45, 2.75) is 25.3 Å². The number of anilines is 1. The van der Waals surface area contributed by atoms with Gasteiger partial charge in [-0.15, -0.1) is 4.59 Å². The lowest BCUT2D eigenvalue weighted by Gasteiger charge is -2.46. The molecule has 2 aliphatic heterocycles. The second-order valence-electron chi connectivity index (χ2n) is 7.38. The van der Waals surface area contributed by atoms with Gasteiger partial charge in [-0.05, 0) is 49.6 Å². The molecule has 0 amide bonds. The van der Waals surface area contributed by atoms with Crippen molar-refractivity contribution in [3.8, 4) is 11.5 Å². The van der Waals surface area contributed by atoms with E-state index < -0.39 is 4.92 Å². The van der Waals surface area contributed by atoms with Gasteiger partial charge in [0.25, 0.3) is 0 Å². The largest absolute Gasteiger partial charge is 0.450 e. The predicted octanol–water partition coefficient (Wildman–Crippen LogP) is 4.92. The number of aliphatic imine (C=N–C) groups is 2. The summed E-state index contributed by atoms with van der Waals surface area (Å²) in [7, 11) is 0. The van der Waals surface area contributed by atoms with Crippen LogP contribution in [0.2, 0.25) is 0 Å². The first-order valence-corrected chi connectivity index (χ1v) is 9.83. The minimum Gasteiger partial charge on any atom is -0.450 e. The number of benzene rings is 2. The molecule has 1 atom stereocenters. The number of hydrogen-bond acceptors (Lipinski definition) is 6. The van der Waals surface area contributed by atoms with Gasteiger partial charge in [0.1, 0.15) is 5.75 Å². The van der Waals surface area contributed by atoms with E-state index in [1.165, 1.54) is 12.5 Å². The zero-order valence-electron chi connectivity index (χ0n) is 16.2. The van der Waals surface area contributed by atoms with E-state index in [2.05, 4.69) is 15.0 Å². The fourth-order valence-electron chi connectivity index (χ4n) is 3.92. The summed E-state index contributed by atoms with van der Waals surface area (Å²) in [5.74, 6) is 0.767. The summed E-state index contributed by atoms with van der Waals surface area (Å²) in [6, 6.07) is 14.4. The first kappa shape index (κ1) is 18.3. The van der Waals surface area contributed by atoms with Crippen molar-refractivity contribution in [2.24, 2.45) is 9.98 Å². The van der Waals surface area contributed by atoms with Crippen LogP contribution in [0.3, 0.4) is 0 Å².